The fraction of sp³-hybridized carbons (Fsp3) is 0.100. The highest BCUT2D eigenvalue weighted by Gasteiger charge is 2.14. The van der Waals surface area contributed by atoms with Crippen molar-refractivity contribution < 1.29 is 8.42 Å². The molecule has 17 heavy (non-hydrogen) atoms. The van der Waals surface area contributed by atoms with Gasteiger partial charge in [-0.25, -0.2) is 8.42 Å². The molecular weight excluding hydrogens is 240 g/mol. The molecule has 0 radical (unpaired) electrons. The lowest BCUT2D eigenvalue weighted by molar-refractivity contribution is 0.601. The van der Waals surface area contributed by atoms with Crippen LogP contribution in [0.3, 0.4) is 0 Å². The zero-order valence-corrected chi connectivity index (χ0v) is 9.95. The highest BCUT2D eigenvalue weighted by atomic mass is 32.2. The Morgan fingerprint density at radius 1 is 1.18 bits per heavy atom. The normalized spacial score (nSPS) is 11.1. The molecule has 0 saturated carbocycles. The second kappa shape index (κ2) is 4.46. The Hall–Kier alpha value is -2.02. The summed E-state index contributed by atoms with van der Waals surface area (Å²) in [6, 6.07) is 6.47. The van der Waals surface area contributed by atoms with Crippen LogP contribution in [0.5, 0.6) is 0 Å². The van der Waals surface area contributed by atoms with Gasteiger partial charge in [-0.2, -0.15) is 5.10 Å². The first-order valence-corrected chi connectivity index (χ1v) is 6.39. The molecule has 0 atom stereocenters. The summed E-state index contributed by atoms with van der Waals surface area (Å²) in [5, 5.41) is 9.12. The minimum atomic E-state index is -3.55. The van der Waals surface area contributed by atoms with Crippen molar-refractivity contribution in [3.63, 3.8) is 0 Å². The standard InChI is InChI=1S/C10H12N4O2S/c1-11-8-2-4-10(5-3-8)17(15,16)14-9-6-12-13-7-9/h2-7,11,14H,1H3,(H,12,13). The highest BCUT2D eigenvalue weighted by Crippen LogP contribution is 2.16. The highest BCUT2D eigenvalue weighted by molar-refractivity contribution is 7.92. The summed E-state index contributed by atoms with van der Waals surface area (Å²) in [5.74, 6) is 0. The van der Waals surface area contributed by atoms with E-state index in [1.165, 1.54) is 24.5 Å². The van der Waals surface area contributed by atoms with E-state index in [2.05, 4.69) is 20.2 Å². The van der Waals surface area contributed by atoms with E-state index >= 15 is 0 Å². The molecule has 0 amide bonds. The third-order valence-corrected chi connectivity index (χ3v) is 3.60. The van der Waals surface area contributed by atoms with Crippen LogP contribution in [0.1, 0.15) is 0 Å². The summed E-state index contributed by atoms with van der Waals surface area (Å²) in [7, 11) is -1.77. The lowest BCUT2D eigenvalue weighted by Gasteiger charge is -2.06. The third kappa shape index (κ3) is 2.56. The monoisotopic (exact) mass is 252 g/mol. The van der Waals surface area contributed by atoms with Crippen LogP contribution in [0.15, 0.2) is 41.6 Å². The van der Waals surface area contributed by atoms with E-state index in [-0.39, 0.29) is 4.90 Å². The van der Waals surface area contributed by atoms with E-state index in [9.17, 15) is 8.42 Å². The molecule has 0 bridgehead atoms. The Morgan fingerprint density at radius 2 is 1.88 bits per heavy atom. The van der Waals surface area contributed by atoms with Crippen LogP contribution in [0.25, 0.3) is 0 Å². The Balaban J connectivity index is 2.25. The van der Waals surface area contributed by atoms with Crippen LogP contribution in [0.4, 0.5) is 11.4 Å². The number of rotatable bonds is 4. The number of sulfonamides is 1. The Labute approximate surface area is 99.1 Å². The molecule has 3 N–H and O–H groups in total. The summed E-state index contributed by atoms with van der Waals surface area (Å²) in [5.41, 5.74) is 1.26. The number of hydrogen-bond acceptors (Lipinski definition) is 4. The predicted octanol–water partition coefficient (Wildman–Crippen LogP) is 1.25. The molecule has 0 unspecified atom stereocenters. The fourth-order valence-electron chi connectivity index (χ4n) is 1.32. The number of aromatic amines is 1. The first-order valence-electron chi connectivity index (χ1n) is 4.91. The molecule has 2 aromatic rings. The maximum atomic E-state index is 11.9. The second-order valence-electron chi connectivity index (χ2n) is 3.37. The van der Waals surface area contributed by atoms with E-state index in [1.54, 1.807) is 19.2 Å². The molecule has 1 aromatic carbocycles. The average Bonchev–Trinajstić information content (AvgIpc) is 2.81. The zero-order valence-electron chi connectivity index (χ0n) is 9.14. The Kier molecular flexibility index (Phi) is 3.01. The van der Waals surface area contributed by atoms with Crippen molar-refractivity contribution in [3.8, 4) is 0 Å². The number of aromatic nitrogens is 2. The van der Waals surface area contributed by atoms with Crippen LogP contribution in [-0.2, 0) is 10.0 Å². The maximum Gasteiger partial charge on any atom is 0.261 e. The molecule has 1 heterocycles. The van der Waals surface area contributed by atoms with Gasteiger partial charge in [-0.15, -0.1) is 0 Å². The van der Waals surface area contributed by atoms with Crippen LogP contribution < -0.4 is 10.0 Å². The van der Waals surface area contributed by atoms with Gasteiger partial charge in [0.2, 0.25) is 0 Å². The van der Waals surface area contributed by atoms with Gasteiger partial charge < -0.3 is 5.32 Å². The summed E-state index contributed by atoms with van der Waals surface area (Å²) in [4.78, 5) is 0.206. The topological polar surface area (TPSA) is 86.9 Å². The van der Waals surface area contributed by atoms with Crippen LogP contribution >= 0.6 is 0 Å². The van der Waals surface area contributed by atoms with Gasteiger partial charge in [0.05, 0.1) is 16.8 Å². The van der Waals surface area contributed by atoms with E-state index in [0.29, 0.717) is 5.69 Å². The molecule has 0 aliphatic rings. The fourth-order valence-corrected chi connectivity index (χ4v) is 2.36. The summed E-state index contributed by atoms with van der Waals surface area (Å²) >= 11 is 0. The molecule has 6 nitrogen and oxygen atoms in total. The van der Waals surface area contributed by atoms with E-state index in [4.69, 9.17) is 0 Å². The minimum Gasteiger partial charge on any atom is -0.388 e. The van der Waals surface area contributed by atoms with Crippen molar-refractivity contribution >= 4 is 21.4 Å². The van der Waals surface area contributed by atoms with E-state index in [1.807, 2.05) is 0 Å². The summed E-state index contributed by atoms with van der Waals surface area (Å²) < 4.78 is 26.3. The predicted molar refractivity (Wildman–Crippen MR) is 65.4 cm³/mol. The van der Waals surface area contributed by atoms with E-state index < -0.39 is 10.0 Å². The van der Waals surface area contributed by atoms with Crippen molar-refractivity contribution in [1.82, 2.24) is 10.2 Å². The maximum absolute atomic E-state index is 11.9. The van der Waals surface area contributed by atoms with Gasteiger partial charge in [0.25, 0.3) is 10.0 Å². The average molecular weight is 252 g/mol. The van der Waals surface area contributed by atoms with Gasteiger partial charge in [-0.05, 0) is 24.3 Å². The number of anilines is 2. The molecule has 0 saturated heterocycles. The van der Waals surface area contributed by atoms with Crippen LogP contribution in [0, 0.1) is 0 Å². The van der Waals surface area contributed by atoms with E-state index in [0.717, 1.165) is 5.69 Å². The molecule has 2 rings (SSSR count). The zero-order chi connectivity index (χ0) is 12.3. The molecule has 0 spiro atoms. The number of hydrogen-bond donors (Lipinski definition) is 3. The third-order valence-electron chi connectivity index (χ3n) is 2.20. The summed E-state index contributed by atoms with van der Waals surface area (Å²) in [6.45, 7) is 0. The largest absolute Gasteiger partial charge is 0.388 e. The van der Waals surface area contributed by atoms with Crippen LogP contribution in [0.2, 0.25) is 0 Å². The second-order valence-corrected chi connectivity index (χ2v) is 5.05. The molecule has 0 aliphatic heterocycles. The molecule has 7 heteroatoms. The van der Waals surface area contributed by atoms with Crippen molar-refractivity contribution in [2.75, 3.05) is 17.1 Å². The van der Waals surface area contributed by atoms with Gasteiger partial charge in [0.1, 0.15) is 0 Å². The Bertz CT molecular complexity index is 575. The van der Waals surface area contributed by atoms with Crippen molar-refractivity contribution in [3.05, 3.63) is 36.7 Å². The van der Waals surface area contributed by atoms with Gasteiger partial charge in [-0.1, -0.05) is 0 Å². The Morgan fingerprint density at radius 3 is 2.41 bits per heavy atom. The summed E-state index contributed by atoms with van der Waals surface area (Å²) in [6.07, 6.45) is 2.87. The first-order chi connectivity index (χ1) is 8.12. The number of benzene rings is 1. The van der Waals surface area contributed by atoms with Crippen LogP contribution in [-0.4, -0.2) is 25.7 Å². The van der Waals surface area contributed by atoms with Gasteiger partial charge in [-0.3, -0.25) is 9.82 Å². The molecular formula is C10H12N4O2S. The molecule has 0 aliphatic carbocycles. The smallest absolute Gasteiger partial charge is 0.261 e. The quantitative estimate of drug-likeness (QED) is 0.764. The molecule has 90 valence electrons. The first kappa shape index (κ1) is 11.5. The van der Waals surface area contributed by atoms with Crippen molar-refractivity contribution in [2.24, 2.45) is 0 Å². The lowest BCUT2D eigenvalue weighted by Crippen LogP contribution is -2.12. The van der Waals surface area contributed by atoms with Gasteiger partial charge in [0.15, 0.2) is 0 Å². The van der Waals surface area contributed by atoms with Gasteiger partial charge >= 0.3 is 0 Å². The van der Waals surface area contributed by atoms with Crippen molar-refractivity contribution in [1.29, 1.82) is 0 Å². The lowest BCUT2D eigenvalue weighted by atomic mass is 10.3. The number of H-pyrrole nitrogens is 1. The minimum absolute atomic E-state index is 0.206. The van der Waals surface area contributed by atoms with Crippen molar-refractivity contribution in [2.45, 2.75) is 4.90 Å². The number of nitrogens with zero attached hydrogens (tertiary/aromatic N) is 1. The molecule has 1 aromatic heterocycles. The SMILES string of the molecule is CNc1ccc(S(=O)(=O)Nc2cn[nH]c2)cc1. The number of nitrogens with one attached hydrogen (secondary N) is 3. The van der Waals surface area contributed by atoms with Gasteiger partial charge in [0, 0.05) is 18.9 Å². The molecule has 0 fully saturated rings.